The van der Waals surface area contributed by atoms with Gasteiger partial charge in [0.1, 0.15) is 17.6 Å². The Hall–Kier alpha value is -4.81. The van der Waals surface area contributed by atoms with Crippen molar-refractivity contribution in [3.63, 3.8) is 0 Å². The minimum Gasteiger partial charge on any atom is -0.456 e. The molecule has 0 amide bonds. The first-order chi connectivity index (χ1) is 17.7. The molecule has 3 heteroatoms. The summed E-state index contributed by atoms with van der Waals surface area (Å²) in [6.07, 6.45) is 0. The molecular weight excluding hydrogens is 440 g/mol. The summed E-state index contributed by atoms with van der Waals surface area (Å²) >= 11 is 0. The van der Waals surface area contributed by atoms with Gasteiger partial charge in [-0.1, -0.05) is 78.9 Å². The van der Waals surface area contributed by atoms with Crippen LogP contribution in [0.4, 0.5) is 11.4 Å². The van der Waals surface area contributed by atoms with E-state index < -0.39 is 5.41 Å². The van der Waals surface area contributed by atoms with Crippen LogP contribution in [0.1, 0.15) is 27.8 Å². The van der Waals surface area contributed by atoms with E-state index >= 15 is 0 Å². The van der Waals surface area contributed by atoms with E-state index in [9.17, 15) is 5.26 Å². The van der Waals surface area contributed by atoms with Crippen molar-refractivity contribution in [1.29, 1.82) is 5.26 Å². The van der Waals surface area contributed by atoms with Crippen molar-refractivity contribution in [2.24, 2.45) is 0 Å². The maximum Gasteiger partial charge on any atom is 0.145 e. The average Bonchev–Trinajstić information content (AvgIpc) is 3.22. The fourth-order valence-electron chi connectivity index (χ4n) is 6.12. The Morgan fingerprint density at radius 2 is 1.22 bits per heavy atom. The van der Waals surface area contributed by atoms with E-state index in [-0.39, 0.29) is 0 Å². The number of nitrogens with zero attached hydrogens (tertiary/aromatic N) is 2. The summed E-state index contributed by atoms with van der Waals surface area (Å²) in [7, 11) is 2.14. The lowest BCUT2D eigenvalue weighted by atomic mass is 9.65. The maximum absolute atomic E-state index is 9.58. The minimum absolute atomic E-state index is 0.472. The number of rotatable bonds is 2. The van der Waals surface area contributed by atoms with E-state index in [1.807, 2.05) is 24.3 Å². The Morgan fingerprint density at radius 3 is 1.94 bits per heavy atom. The highest BCUT2D eigenvalue weighted by atomic mass is 16.5. The Labute approximate surface area is 210 Å². The standard InChI is InChI=1S/C33H22N2O/c1-35-30-15-7-5-13-27(30)33(28-14-6-8-16-31(28)35)26-12-4-3-11-24(26)25-19-18-23(20-29(25)33)36-32-17-9-2-10-22(32)21-34/h2-20H,1H3. The topological polar surface area (TPSA) is 36.3 Å². The quantitative estimate of drug-likeness (QED) is 0.263. The number of hydrogen-bond acceptors (Lipinski definition) is 3. The van der Waals surface area contributed by atoms with Crippen LogP contribution in [0.25, 0.3) is 11.1 Å². The minimum atomic E-state index is -0.472. The van der Waals surface area contributed by atoms with Crippen LogP contribution in [0.15, 0.2) is 115 Å². The fraction of sp³-hybridized carbons (Fsp3) is 0.0606. The van der Waals surface area contributed by atoms with E-state index in [1.165, 1.54) is 44.8 Å². The van der Waals surface area contributed by atoms with Crippen LogP contribution in [-0.2, 0) is 5.41 Å². The van der Waals surface area contributed by atoms with Gasteiger partial charge >= 0.3 is 0 Å². The Kier molecular flexibility index (Phi) is 4.34. The molecule has 0 atom stereocenters. The van der Waals surface area contributed by atoms with E-state index in [0.29, 0.717) is 11.3 Å². The van der Waals surface area contributed by atoms with Crippen LogP contribution >= 0.6 is 0 Å². The van der Waals surface area contributed by atoms with E-state index in [2.05, 4.69) is 103 Å². The van der Waals surface area contributed by atoms with Crippen molar-refractivity contribution in [2.45, 2.75) is 5.41 Å². The molecule has 3 nitrogen and oxygen atoms in total. The zero-order valence-electron chi connectivity index (χ0n) is 19.8. The zero-order chi connectivity index (χ0) is 24.3. The van der Waals surface area contributed by atoms with Gasteiger partial charge in [-0.15, -0.1) is 0 Å². The third kappa shape index (κ3) is 2.61. The van der Waals surface area contributed by atoms with Crippen LogP contribution < -0.4 is 9.64 Å². The number of fused-ring (bicyclic) bond motifs is 9. The molecule has 1 aliphatic carbocycles. The van der Waals surface area contributed by atoms with Crippen molar-refractivity contribution in [2.75, 3.05) is 11.9 Å². The number of ether oxygens (including phenoxy) is 1. The molecule has 5 aromatic rings. The summed E-state index contributed by atoms with van der Waals surface area (Å²) in [5, 5.41) is 9.58. The average molecular weight is 463 g/mol. The first-order valence-electron chi connectivity index (χ1n) is 12.1. The second-order valence-electron chi connectivity index (χ2n) is 9.31. The molecule has 36 heavy (non-hydrogen) atoms. The Balaban J connectivity index is 1.55. The number of hydrogen-bond donors (Lipinski definition) is 0. The van der Waals surface area contributed by atoms with Gasteiger partial charge in [0, 0.05) is 18.4 Å². The second kappa shape index (κ2) is 7.60. The summed E-state index contributed by atoms with van der Waals surface area (Å²) in [6, 6.07) is 42.1. The lowest BCUT2D eigenvalue weighted by Crippen LogP contribution is -2.36. The monoisotopic (exact) mass is 462 g/mol. The molecule has 0 saturated carbocycles. The summed E-state index contributed by atoms with van der Waals surface area (Å²) in [5.74, 6) is 1.28. The van der Waals surface area contributed by atoms with Crippen molar-refractivity contribution < 1.29 is 4.74 Å². The molecule has 0 bridgehead atoms. The van der Waals surface area contributed by atoms with Gasteiger partial charge in [0.2, 0.25) is 0 Å². The third-order valence-corrected chi connectivity index (χ3v) is 7.59. The molecule has 170 valence electrons. The molecule has 0 fully saturated rings. The van der Waals surface area contributed by atoms with Crippen LogP contribution in [0, 0.1) is 11.3 Å². The van der Waals surface area contributed by atoms with Crippen molar-refractivity contribution >= 4 is 11.4 Å². The molecule has 1 heterocycles. The molecule has 7 rings (SSSR count). The maximum atomic E-state index is 9.58. The van der Waals surface area contributed by atoms with E-state index in [1.54, 1.807) is 6.07 Å². The van der Waals surface area contributed by atoms with Gasteiger partial charge in [-0.05, 0) is 69.8 Å². The van der Waals surface area contributed by atoms with Crippen LogP contribution in [0.2, 0.25) is 0 Å². The Bertz CT molecular complexity index is 1660. The van der Waals surface area contributed by atoms with Crippen LogP contribution in [0.3, 0.4) is 0 Å². The second-order valence-corrected chi connectivity index (χ2v) is 9.31. The van der Waals surface area contributed by atoms with Gasteiger partial charge < -0.3 is 9.64 Å². The molecule has 0 radical (unpaired) electrons. The smallest absolute Gasteiger partial charge is 0.145 e. The largest absolute Gasteiger partial charge is 0.456 e. The molecule has 2 aliphatic rings. The molecule has 0 saturated heterocycles. The number of benzene rings is 5. The molecule has 0 unspecified atom stereocenters. The van der Waals surface area contributed by atoms with Gasteiger partial charge in [-0.3, -0.25) is 0 Å². The molecule has 1 aliphatic heterocycles. The summed E-state index contributed by atoms with van der Waals surface area (Å²) in [5.41, 5.74) is 9.88. The number of anilines is 2. The van der Waals surface area contributed by atoms with Gasteiger partial charge in [0.25, 0.3) is 0 Å². The van der Waals surface area contributed by atoms with E-state index in [0.717, 1.165) is 5.75 Å². The van der Waals surface area contributed by atoms with Gasteiger partial charge in [-0.2, -0.15) is 5.26 Å². The van der Waals surface area contributed by atoms with Gasteiger partial charge in [0.05, 0.1) is 11.0 Å². The fourth-order valence-corrected chi connectivity index (χ4v) is 6.12. The number of para-hydroxylation sites is 3. The highest BCUT2D eigenvalue weighted by Gasteiger charge is 2.51. The predicted octanol–water partition coefficient (Wildman–Crippen LogP) is 7.79. The van der Waals surface area contributed by atoms with Crippen LogP contribution in [-0.4, -0.2) is 7.05 Å². The third-order valence-electron chi connectivity index (χ3n) is 7.59. The van der Waals surface area contributed by atoms with Crippen molar-refractivity contribution in [3.05, 3.63) is 143 Å². The molecule has 0 aromatic heterocycles. The van der Waals surface area contributed by atoms with Crippen LogP contribution in [0.5, 0.6) is 11.5 Å². The normalized spacial score (nSPS) is 13.8. The molecule has 5 aromatic carbocycles. The summed E-state index contributed by atoms with van der Waals surface area (Å²) in [4.78, 5) is 2.29. The van der Waals surface area contributed by atoms with E-state index in [4.69, 9.17) is 4.74 Å². The van der Waals surface area contributed by atoms with Crippen molar-refractivity contribution in [1.82, 2.24) is 0 Å². The van der Waals surface area contributed by atoms with Crippen molar-refractivity contribution in [3.8, 4) is 28.7 Å². The zero-order valence-corrected chi connectivity index (χ0v) is 19.8. The highest BCUT2D eigenvalue weighted by molar-refractivity contribution is 5.93. The molecular formula is C33H22N2O. The Morgan fingerprint density at radius 1 is 0.639 bits per heavy atom. The van der Waals surface area contributed by atoms with Gasteiger partial charge in [0.15, 0.2) is 0 Å². The lowest BCUT2D eigenvalue weighted by Gasteiger charge is -2.43. The van der Waals surface area contributed by atoms with Gasteiger partial charge in [-0.25, -0.2) is 0 Å². The first kappa shape index (κ1) is 20.6. The predicted molar refractivity (Wildman–Crippen MR) is 143 cm³/mol. The summed E-state index contributed by atoms with van der Waals surface area (Å²) in [6.45, 7) is 0. The lowest BCUT2D eigenvalue weighted by molar-refractivity contribution is 0.480. The molecule has 0 N–H and O–H groups in total. The highest BCUT2D eigenvalue weighted by Crippen LogP contribution is 2.62. The SMILES string of the molecule is CN1c2ccccc2C2(c3ccccc3-c3ccc(Oc4ccccc4C#N)cc32)c2ccccc21. The summed E-state index contributed by atoms with van der Waals surface area (Å²) < 4.78 is 6.32. The first-order valence-corrected chi connectivity index (χ1v) is 12.1. The molecule has 1 spiro atoms. The number of nitriles is 1.